The molecule has 0 heterocycles. The highest BCUT2D eigenvalue weighted by Crippen LogP contribution is 2.55. The molecular weight excluding hydrogens is 1060 g/mol. The average Bonchev–Trinajstić information content (AvgIpc) is 3.98. The molecule has 16 heteroatoms. The van der Waals surface area contributed by atoms with Crippen molar-refractivity contribution in [1.82, 2.24) is 0 Å². The Kier molecular flexibility index (Phi) is 22.6. The third-order valence-electron chi connectivity index (χ3n) is 22.7. The molecule has 0 amide bonds. The van der Waals surface area contributed by atoms with Crippen molar-refractivity contribution in [2.45, 2.75) is 240 Å². The monoisotopic (exact) mass is 1160 g/mol. The maximum Gasteiger partial charge on any atom is 0.311 e. The summed E-state index contributed by atoms with van der Waals surface area (Å²) in [5.41, 5.74) is -0.467. The normalized spacial score (nSPS) is 36.3. The van der Waals surface area contributed by atoms with Crippen molar-refractivity contribution in [2.75, 3.05) is 33.6 Å². The van der Waals surface area contributed by atoms with Gasteiger partial charge in [0.2, 0.25) is 0 Å². The van der Waals surface area contributed by atoms with Gasteiger partial charge in [0.1, 0.15) is 24.1 Å². The van der Waals surface area contributed by atoms with E-state index in [-0.39, 0.29) is 140 Å². The molecule has 83 heavy (non-hydrogen) atoms. The largest absolute Gasteiger partial charge is 0.462 e. The molecule has 0 aromatic heterocycles. The molecule has 0 spiro atoms. The minimum absolute atomic E-state index is 0.00629. The van der Waals surface area contributed by atoms with Gasteiger partial charge in [0, 0.05) is 29.6 Å². The molecule has 0 saturated heterocycles. The number of carbonyl (C=O) groups is 7. The zero-order valence-corrected chi connectivity index (χ0v) is 51.6. The summed E-state index contributed by atoms with van der Waals surface area (Å²) < 4.78 is 50.8. The second-order valence-corrected chi connectivity index (χ2v) is 28.7. The number of fused-ring (bicyclic) bond motifs is 6. The zero-order chi connectivity index (χ0) is 59.0. The molecule has 12 saturated carbocycles. The number of hydrogen-bond donors (Lipinski definition) is 0. The maximum absolute atomic E-state index is 12.8. The van der Waals surface area contributed by atoms with Crippen molar-refractivity contribution in [3.05, 3.63) is 0 Å². The Hall–Kier alpha value is -3.63. The second-order valence-electron chi connectivity index (χ2n) is 28.7. The summed E-state index contributed by atoms with van der Waals surface area (Å²) in [5.74, 6) is 2.98. The second kappa shape index (κ2) is 29.4. The van der Waals surface area contributed by atoms with Crippen LogP contribution in [0.25, 0.3) is 0 Å². The number of esters is 6. The SMILES string of the molecule is CCC(C)(C)C(=O)OC1CC2CC(C(=O)OCOCC3CCCCC3)C1C2.CCC(C)C(=O)OC1CC2CC(C(=O)OCOC3C4CC5CC(C4)C(=O)C3C5)C1C2.CCC(C)C(=O)OC1CC2CC(C(=O)OCOCC3CCCCC3)C1C2. The molecule has 0 radical (unpaired) electrons. The fraction of sp³-hybridized carbons (Fsp3) is 0.896. The number of rotatable bonds is 23. The minimum Gasteiger partial charge on any atom is -0.462 e. The fourth-order valence-electron chi connectivity index (χ4n) is 17.0. The fourth-order valence-corrected chi connectivity index (χ4v) is 17.0. The van der Waals surface area contributed by atoms with Gasteiger partial charge in [-0.3, -0.25) is 33.6 Å². The molecule has 0 aliphatic heterocycles. The Balaban J connectivity index is 0.000000150. The van der Waals surface area contributed by atoms with Crippen LogP contribution in [0.4, 0.5) is 0 Å². The van der Waals surface area contributed by atoms with E-state index in [2.05, 4.69) is 0 Å². The highest BCUT2D eigenvalue weighted by molar-refractivity contribution is 5.86. The van der Waals surface area contributed by atoms with Crippen LogP contribution in [-0.4, -0.2) is 99.6 Å². The molecule has 12 rings (SSSR count). The predicted octanol–water partition coefficient (Wildman–Crippen LogP) is 12.1. The molecule has 19 atom stereocenters. The molecule has 10 bridgehead atoms. The van der Waals surface area contributed by atoms with Crippen LogP contribution in [0.3, 0.4) is 0 Å². The van der Waals surface area contributed by atoms with Gasteiger partial charge in [0.05, 0.1) is 54.3 Å². The highest BCUT2D eigenvalue weighted by Gasteiger charge is 2.56. The van der Waals surface area contributed by atoms with E-state index in [0.717, 1.165) is 103 Å². The summed E-state index contributed by atoms with van der Waals surface area (Å²) in [6.07, 6.45) is 26.7. The number of ketones is 1. The van der Waals surface area contributed by atoms with Crippen molar-refractivity contribution in [1.29, 1.82) is 0 Å². The molecule has 12 fully saturated rings. The van der Waals surface area contributed by atoms with E-state index in [4.69, 9.17) is 42.6 Å². The zero-order valence-electron chi connectivity index (χ0n) is 51.6. The minimum atomic E-state index is -0.467. The van der Waals surface area contributed by atoms with Crippen molar-refractivity contribution in [3.63, 3.8) is 0 Å². The van der Waals surface area contributed by atoms with E-state index < -0.39 is 5.41 Å². The summed E-state index contributed by atoms with van der Waals surface area (Å²) in [6, 6.07) is 0. The van der Waals surface area contributed by atoms with Gasteiger partial charge in [0.15, 0.2) is 20.4 Å². The van der Waals surface area contributed by atoms with E-state index in [1.165, 1.54) is 64.2 Å². The topological polar surface area (TPSA) is 203 Å². The van der Waals surface area contributed by atoms with Crippen LogP contribution >= 0.6 is 0 Å². The lowest BCUT2D eigenvalue weighted by atomic mass is 9.54. The Bertz CT molecular complexity index is 2200. The van der Waals surface area contributed by atoms with Crippen LogP contribution in [0.5, 0.6) is 0 Å². The van der Waals surface area contributed by atoms with Gasteiger partial charge in [0.25, 0.3) is 0 Å². The van der Waals surface area contributed by atoms with Gasteiger partial charge < -0.3 is 42.6 Å². The van der Waals surface area contributed by atoms with E-state index in [0.29, 0.717) is 60.4 Å². The van der Waals surface area contributed by atoms with Crippen molar-refractivity contribution < 1.29 is 76.2 Å². The first-order chi connectivity index (χ1) is 39.9. The number of carbonyl (C=O) groups excluding carboxylic acids is 7. The van der Waals surface area contributed by atoms with Crippen LogP contribution in [0, 0.1) is 106 Å². The molecule has 0 aromatic carbocycles. The van der Waals surface area contributed by atoms with Gasteiger partial charge >= 0.3 is 35.8 Å². The smallest absolute Gasteiger partial charge is 0.311 e. The average molecular weight is 1170 g/mol. The molecule has 12 aliphatic rings. The Morgan fingerprint density at radius 1 is 0.494 bits per heavy atom. The van der Waals surface area contributed by atoms with E-state index in [1.54, 1.807) is 0 Å². The summed E-state index contributed by atoms with van der Waals surface area (Å²) >= 11 is 0. The van der Waals surface area contributed by atoms with Crippen molar-refractivity contribution >= 4 is 41.6 Å². The molecular formula is C67H104O16. The van der Waals surface area contributed by atoms with Crippen LogP contribution in [0.15, 0.2) is 0 Å². The van der Waals surface area contributed by atoms with Crippen molar-refractivity contribution in [2.24, 2.45) is 106 Å². The van der Waals surface area contributed by atoms with Gasteiger partial charge in [-0.25, -0.2) is 0 Å². The van der Waals surface area contributed by atoms with Crippen LogP contribution in [0.1, 0.15) is 215 Å². The van der Waals surface area contributed by atoms with Crippen LogP contribution < -0.4 is 0 Å². The number of Topliss-reactive ketones (excluding diaryl/α,β-unsaturated/α-hetero) is 1. The summed E-state index contributed by atoms with van der Waals surface area (Å²) in [4.78, 5) is 87.0. The first-order valence-electron chi connectivity index (χ1n) is 33.4. The van der Waals surface area contributed by atoms with Crippen molar-refractivity contribution in [3.8, 4) is 0 Å². The quantitative estimate of drug-likeness (QED) is 0.0404. The summed E-state index contributed by atoms with van der Waals surface area (Å²) in [7, 11) is 0. The standard InChI is InChI=1S/C24H34O6.C22H36O5.C21H34O5/c1-3-12(2)23(26)30-20-9-14-6-17(20)18(7-14)24(27)29-11-28-22-16-5-13-4-15(10-16)21(25)19(22)8-13;1-4-22(2,3)21(24)27-19-12-16-10-17(19)18(11-16)20(23)26-14-25-13-15-8-6-5-7-9-15;1-3-14(2)20(22)26-19-11-16-9-17(19)18(10-16)21(23)25-13-24-12-15-7-5-4-6-8-15/h12-20,22H,3-11H2,1-2H3;15-19H,4-14H2,1-3H3;14-19H,3-13H2,1-2H3. The first kappa shape index (κ1) is 63.9. The van der Waals surface area contributed by atoms with E-state index >= 15 is 0 Å². The van der Waals surface area contributed by atoms with E-state index in [9.17, 15) is 33.6 Å². The lowest BCUT2D eigenvalue weighted by molar-refractivity contribution is -0.193. The molecule has 12 aliphatic carbocycles. The van der Waals surface area contributed by atoms with Crippen LogP contribution in [0.2, 0.25) is 0 Å². The van der Waals surface area contributed by atoms with Gasteiger partial charge in [-0.15, -0.1) is 0 Å². The Morgan fingerprint density at radius 3 is 1.34 bits per heavy atom. The molecule has 0 N–H and O–H groups in total. The van der Waals surface area contributed by atoms with Crippen LogP contribution in [-0.2, 0) is 76.2 Å². The summed E-state index contributed by atoms with van der Waals surface area (Å²) in [5, 5.41) is 0. The number of ether oxygens (including phenoxy) is 9. The lowest BCUT2D eigenvalue weighted by Crippen LogP contribution is -2.55. The number of hydrogen-bond acceptors (Lipinski definition) is 16. The predicted molar refractivity (Wildman–Crippen MR) is 306 cm³/mol. The van der Waals surface area contributed by atoms with Gasteiger partial charge in [-0.1, -0.05) is 73.1 Å². The Morgan fingerprint density at radius 2 is 0.916 bits per heavy atom. The lowest BCUT2D eigenvalue weighted by Gasteiger charge is -2.52. The third-order valence-corrected chi connectivity index (χ3v) is 22.7. The van der Waals surface area contributed by atoms with Gasteiger partial charge in [-0.05, 0) is 184 Å². The first-order valence-corrected chi connectivity index (χ1v) is 33.4. The maximum atomic E-state index is 12.8. The molecule has 468 valence electrons. The third kappa shape index (κ3) is 15.9. The van der Waals surface area contributed by atoms with Gasteiger partial charge in [-0.2, -0.15) is 0 Å². The molecule has 19 unspecified atom stereocenters. The summed E-state index contributed by atoms with van der Waals surface area (Å²) in [6.45, 7) is 15.0. The molecule has 16 nitrogen and oxygen atoms in total. The molecule has 0 aromatic rings. The Labute approximate surface area is 495 Å². The highest BCUT2D eigenvalue weighted by atomic mass is 16.7. The van der Waals surface area contributed by atoms with E-state index in [1.807, 2.05) is 48.5 Å².